The van der Waals surface area contributed by atoms with E-state index in [9.17, 15) is 24.0 Å². The maximum atomic E-state index is 12.6. The lowest BCUT2D eigenvalue weighted by atomic mass is 10.1. The van der Waals surface area contributed by atoms with Gasteiger partial charge in [-0.3, -0.25) is 14.4 Å². The molecule has 13 nitrogen and oxygen atoms in total. The van der Waals surface area contributed by atoms with Gasteiger partial charge in [0, 0.05) is 19.2 Å². The Hall–Kier alpha value is -3.00. The Balaban J connectivity index is 2.83. The van der Waals surface area contributed by atoms with Crippen molar-refractivity contribution in [1.29, 1.82) is 0 Å². The van der Waals surface area contributed by atoms with Crippen LogP contribution in [0.2, 0.25) is 5.15 Å². The number of alkyl carbamates (subject to hydrolysis) is 1. The maximum absolute atomic E-state index is 12.6. The van der Waals surface area contributed by atoms with Crippen molar-refractivity contribution in [3.63, 3.8) is 0 Å². The predicted octanol–water partition coefficient (Wildman–Crippen LogP) is 0.786. The SMILES string of the molecule is COC(=O)CNC(=O)[C@H](CSc1c(Cl)ncn1C)NC(=O)CC[C@H](NC(=O)OC(C)(C)C)C(=O)OC. The van der Waals surface area contributed by atoms with E-state index in [0.717, 1.165) is 7.11 Å². The van der Waals surface area contributed by atoms with Crippen LogP contribution in [0.1, 0.15) is 33.6 Å². The highest BCUT2D eigenvalue weighted by molar-refractivity contribution is 7.99. The van der Waals surface area contributed by atoms with Crippen LogP contribution in [-0.4, -0.2) is 83.6 Å². The molecule has 0 aliphatic heterocycles. The molecule has 0 unspecified atom stereocenters. The van der Waals surface area contributed by atoms with Crippen molar-refractivity contribution in [2.75, 3.05) is 26.5 Å². The van der Waals surface area contributed by atoms with Crippen LogP contribution in [0.5, 0.6) is 0 Å². The van der Waals surface area contributed by atoms with E-state index in [1.165, 1.54) is 25.2 Å². The van der Waals surface area contributed by atoms with Crippen molar-refractivity contribution >= 4 is 53.2 Å². The van der Waals surface area contributed by atoms with Crippen LogP contribution in [0.15, 0.2) is 11.4 Å². The van der Waals surface area contributed by atoms with E-state index in [2.05, 4.69) is 30.4 Å². The number of hydrogen-bond acceptors (Lipinski definition) is 10. The lowest BCUT2D eigenvalue weighted by molar-refractivity contribution is -0.143. The number of aryl methyl sites for hydroxylation is 1. The van der Waals surface area contributed by atoms with Crippen molar-refractivity contribution in [3.8, 4) is 0 Å². The number of nitrogens with one attached hydrogen (secondary N) is 3. The first kappa shape index (κ1) is 31.0. The first-order valence-electron chi connectivity index (χ1n) is 10.8. The fourth-order valence-corrected chi connectivity index (χ4v) is 3.96. The van der Waals surface area contributed by atoms with Gasteiger partial charge in [-0.2, -0.15) is 0 Å². The number of imidazole rings is 1. The summed E-state index contributed by atoms with van der Waals surface area (Å²) in [5.41, 5.74) is -0.790. The summed E-state index contributed by atoms with van der Waals surface area (Å²) in [6.07, 6.45) is 0.311. The third-order valence-corrected chi connectivity index (χ3v) is 5.99. The molecule has 0 aromatic carbocycles. The third kappa shape index (κ3) is 11.2. The Morgan fingerprint density at radius 1 is 1.11 bits per heavy atom. The number of ether oxygens (including phenoxy) is 3. The van der Waals surface area contributed by atoms with Crippen molar-refractivity contribution in [3.05, 3.63) is 11.5 Å². The molecule has 0 aliphatic rings. The number of methoxy groups -OCH3 is 2. The predicted molar refractivity (Wildman–Crippen MR) is 130 cm³/mol. The molecule has 202 valence electrons. The fourth-order valence-electron chi connectivity index (χ4n) is 2.63. The molecule has 15 heteroatoms. The molecule has 3 amide bonds. The zero-order chi connectivity index (χ0) is 27.5. The highest BCUT2D eigenvalue weighted by Gasteiger charge is 2.27. The summed E-state index contributed by atoms with van der Waals surface area (Å²) in [6, 6.07) is -2.21. The van der Waals surface area contributed by atoms with Crippen LogP contribution in [0.4, 0.5) is 4.79 Å². The minimum absolute atomic E-state index is 0.0641. The van der Waals surface area contributed by atoms with Crippen LogP contribution in [0, 0.1) is 0 Å². The summed E-state index contributed by atoms with van der Waals surface area (Å²) >= 11 is 7.23. The molecule has 0 aliphatic carbocycles. The van der Waals surface area contributed by atoms with Gasteiger partial charge in [0.15, 0.2) is 5.15 Å². The van der Waals surface area contributed by atoms with Crippen molar-refractivity contribution in [1.82, 2.24) is 25.5 Å². The zero-order valence-electron chi connectivity index (χ0n) is 21.0. The molecule has 0 bridgehead atoms. The van der Waals surface area contributed by atoms with Crippen LogP contribution in [-0.2, 0) is 40.4 Å². The molecule has 0 saturated carbocycles. The topological polar surface area (TPSA) is 167 Å². The second-order valence-corrected chi connectivity index (χ2v) is 9.80. The Labute approximate surface area is 218 Å². The standard InChI is InChI=1S/C21H32ClN5O8S/c1-21(2,3)35-20(32)26-12(19(31)34-6)7-8-14(28)25-13(17(30)23-9-15(29)33-5)10-36-18-16(22)24-11-27(18)4/h11-13H,7-10H2,1-6H3,(H,23,30)(H,25,28)(H,26,32)/t12-,13-/m0/s1. The molecule has 0 saturated heterocycles. The summed E-state index contributed by atoms with van der Waals surface area (Å²) in [4.78, 5) is 64.8. The second-order valence-electron chi connectivity index (χ2n) is 8.44. The van der Waals surface area contributed by atoms with Gasteiger partial charge in [0.05, 0.1) is 20.5 Å². The van der Waals surface area contributed by atoms with Gasteiger partial charge in [-0.1, -0.05) is 11.6 Å². The average molecular weight is 550 g/mol. The van der Waals surface area contributed by atoms with Gasteiger partial charge < -0.3 is 34.7 Å². The van der Waals surface area contributed by atoms with E-state index >= 15 is 0 Å². The van der Waals surface area contributed by atoms with E-state index in [4.69, 9.17) is 16.3 Å². The molecule has 0 fully saturated rings. The molecule has 0 radical (unpaired) electrons. The Morgan fingerprint density at radius 2 is 1.78 bits per heavy atom. The number of carbonyl (C=O) groups excluding carboxylic acids is 5. The maximum Gasteiger partial charge on any atom is 0.408 e. The number of rotatable bonds is 12. The number of amides is 3. The highest BCUT2D eigenvalue weighted by atomic mass is 35.5. The van der Waals surface area contributed by atoms with Gasteiger partial charge in [0.25, 0.3) is 0 Å². The minimum Gasteiger partial charge on any atom is -0.468 e. The fraction of sp³-hybridized carbons (Fsp3) is 0.619. The van der Waals surface area contributed by atoms with Crippen LogP contribution >= 0.6 is 23.4 Å². The summed E-state index contributed by atoms with van der Waals surface area (Å²) in [5, 5.41) is 8.15. The summed E-state index contributed by atoms with van der Waals surface area (Å²) in [5.74, 6) is -2.57. The average Bonchev–Trinajstić information content (AvgIpc) is 3.12. The van der Waals surface area contributed by atoms with E-state index in [1.54, 1.807) is 32.4 Å². The second kappa shape index (κ2) is 14.5. The molecule has 36 heavy (non-hydrogen) atoms. The number of aromatic nitrogens is 2. The molecule has 1 aromatic rings. The molecule has 3 N–H and O–H groups in total. The molecular weight excluding hydrogens is 518 g/mol. The van der Waals surface area contributed by atoms with E-state index in [-0.39, 0.29) is 30.3 Å². The van der Waals surface area contributed by atoms with Gasteiger partial charge in [-0.05, 0) is 27.2 Å². The molecule has 1 rings (SSSR count). The smallest absolute Gasteiger partial charge is 0.408 e. The van der Waals surface area contributed by atoms with Crippen molar-refractivity contribution < 1.29 is 38.2 Å². The molecule has 2 atom stereocenters. The first-order chi connectivity index (χ1) is 16.8. The van der Waals surface area contributed by atoms with Crippen molar-refractivity contribution in [2.45, 2.75) is 56.3 Å². The van der Waals surface area contributed by atoms with Crippen molar-refractivity contribution in [2.24, 2.45) is 7.05 Å². The van der Waals surface area contributed by atoms with Gasteiger partial charge in [-0.15, -0.1) is 11.8 Å². The summed E-state index contributed by atoms with van der Waals surface area (Å²) < 4.78 is 16.0. The number of esters is 2. The van der Waals surface area contributed by atoms with Crippen LogP contribution in [0.25, 0.3) is 0 Å². The Bertz CT molecular complexity index is 930. The van der Waals surface area contributed by atoms with Gasteiger partial charge in [0.1, 0.15) is 29.3 Å². The minimum atomic E-state index is -1.15. The monoisotopic (exact) mass is 549 g/mol. The third-order valence-electron chi connectivity index (χ3n) is 4.35. The lowest BCUT2D eigenvalue weighted by Crippen LogP contribution is -2.50. The quantitative estimate of drug-likeness (QED) is 0.192. The zero-order valence-corrected chi connectivity index (χ0v) is 22.6. The summed E-state index contributed by atoms with van der Waals surface area (Å²) in [6.45, 7) is 4.60. The van der Waals surface area contributed by atoms with Crippen LogP contribution < -0.4 is 16.0 Å². The van der Waals surface area contributed by atoms with E-state index in [0.29, 0.717) is 5.03 Å². The normalized spacial score (nSPS) is 12.6. The largest absolute Gasteiger partial charge is 0.468 e. The van der Waals surface area contributed by atoms with Gasteiger partial charge in [0.2, 0.25) is 11.8 Å². The van der Waals surface area contributed by atoms with E-state index in [1.807, 2.05) is 0 Å². The lowest BCUT2D eigenvalue weighted by Gasteiger charge is -2.23. The van der Waals surface area contributed by atoms with E-state index < -0.39 is 47.5 Å². The first-order valence-corrected chi connectivity index (χ1v) is 12.1. The number of carbonyl (C=O) groups is 5. The number of thioether (sulfide) groups is 1. The number of hydrogen-bond donors (Lipinski definition) is 3. The summed E-state index contributed by atoms with van der Waals surface area (Å²) in [7, 11) is 4.04. The number of halogens is 1. The van der Waals surface area contributed by atoms with Gasteiger partial charge >= 0.3 is 18.0 Å². The Kier molecular flexibility index (Phi) is 12.5. The van der Waals surface area contributed by atoms with Gasteiger partial charge in [-0.25, -0.2) is 14.6 Å². The molecular formula is C21H32ClN5O8S. The molecule has 0 spiro atoms. The Morgan fingerprint density at radius 3 is 2.31 bits per heavy atom. The molecule has 1 heterocycles. The highest BCUT2D eigenvalue weighted by Crippen LogP contribution is 2.25. The molecule has 1 aromatic heterocycles. The number of nitrogens with zero attached hydrogens (tertiary/aromatic N) is 2. The van der Waals surface area contributed by atoms with Crippen LogP contribution in [0.3, 0.4) is 0 Å².